The molecule has 2 atom stereocenters. The van der Waals surface area contributed by atoms with Crippen molar-refractivity contribution in [2.45, 2.75) is 38.6 Å². The third kappa shape index (κ3) is 2.69. The van der Waals surface area contributed by atoms with E-state index in [9.17, 15) is 4.79 Å². The Labute approximate surface area is 158 Å². The molecule has 0 unspecified atom stereocenters. The van der Waals surface area contributed by atoms with E-state index in [-0.39, 0.29) is 11.3 Å². The molecule has 8 heteroatoms. The molecular weight excluding hydrogens is 344 g/mol. The molecule has 1 amide bonds. The van der Waals surface area contributed by atoms with Crippen molar-refractivity contribution >= 4 is 5.91 Å². The number of hydrogen-bond donors (Lipinski definition) is 0. The van der Waals surface area contributed by atoms with E-state index >= 15 is 0 Å². The molecule has 3 aliphatic rings. The molecule has 0 bridgehead atoms. The molecule has 5 rings (SSSR count). The van der Waals surface area contributed by atoms with Gasteiger partial charge in [0.25, 0.3) is 0 Å². The van der Waals surface area contributed by atoms with E-state index in [1.54, 1.807) is 0 Å². The highest BCUT2D eigenvalue weighted by Gasteiger charge is 2.58. The molecule has 1 aliphatic carbocycles. The molecule has 27 heavy (non-hydrogen) atoms. The van der Waals surface area contributed by atoms with Crippen molar-refractivity contribution in [3.63, 3.8) is 0 Å². The number of carbonyl (C=O) groups is 1. The minimum absolute atomic E-state index is 0.248. The van der Waals surface area contributed by atoms with Crippen LogP contribution in [-0.4, -0.2) is 61.8 Å². The van der Waals surface area contributed by atoms with Crippen LogP contribution in [0.25, 0.3) is 0 Å². The maximum absolute atomic E-state index is 12.7. The largest absolute Gasteiger partial charge is 0.341 e. The Hall–Kier alpha value is -2.22. The van der Waals surface area contributed by atoms with Crippen LogP contribution in [0.15, 0.2) is 10.7 Å². The van der Waals surface area contributed by atoms with E-state index in [0.717, 1.165) is 39.0 Å². The Bertz CT molecular complexity index is 885. The first-order chi connectivity index (χ1) is 13.0. The lowest BCUT2D eigenvalue weighted by molar-refractivity contribution is -0.132. The quantitative estimate of drug-likeness (QED) is 0.800. The van der Waals surface area contributed by atoms with E-state index in [1.807, 2.05) is 24.9 Å². The number of aromatic nitrogens is 4. The van der Waals surface area contributed by atoms with E-state index in [4.69, 9.17) is 4.52 Å². The summed E-state index contributed by atoms with van der Waals surface area (Å²) in [5.74, 6) is 2.25. The molecule has 0 aromatic carbocycles. The van der Waals surface area contributed by atoms with Gasteiger partial charge in [-0.1, -0.05) is 5.16 Å². The Morgan fingerprint density at radius 3 is 2.74 bits per heavy atom. The SMILES string of the molecule is Cc1noc([C@]23CN(Cc4cnn(C)c4C)C[C@H]2CN(C(=O)C2CC2)C3)n1. The Morgan fingerprint density at radius 2 is 2.11 bits per heavy atom. The molecule has 144 valence electrons. The first-order valence-corrected chi connectivity index (χ1v) is 9.76. The van der Waals surface area contributed by atoms with Gasteiger partial charge in [-0.3, -0.25) is 14.4 Å². The zero-order valence-electron chi connectivity index (χ0n) is 16.2. The van der Waals surface area contributed by atoms with Crippen LogP contribution in [0.1, 0.15) is 35.8 Å². The van der Waals surface area contributed by atoms with Gasteiger partial charge in [0.2, 0.25) is 11.8 Å². The zero-order chi connectivity index (χ0) is 18.8. The lowest BCUT2D eigenvalue weighted by Gasteiger charge is -2.26. The van der Waals surface area contributed by atoms with E-state index < -0.39 is 0 Å². The summed E-state index contributed by atoms with van der Waals surface area (Å²) in [5, 5.41) is 8.41. The molecule has 2 aliphatic heterocycles. The first kappa shape index (κ1) is 16.9. The molecule has 2 aromatic heterocycles. The third-order valence-corrected chi connectivity index (χ3v) is 6.60. The van der Waals surface area contributed by atoms with Gasteiger partial charge in [-0.05, 0) is 26.7 Å². The van der Waals surface area contributed by atoms with Crippen molar-refractivity contribution in [1.82, 2.24) is 29.7 Å². The molecule has 3 fully saturated rings. The highest BCUT2D eigenvalue weighted by atomic mass is 16.5. The van der Waals surface area contributed by atoms with Crippen LogP contribution in [0, 0.1) is 25.7 Å². The first-order valence-electron chi connectivity index (χ1n) is 9.76. The van der Waals surface area contributed by atoms with Crippen molar-refractivity contribution in [3.05, 3.63) is 29.2 Å². The Morgan fingerprint density at radius 1 is 1.30 bits per heavy atom. The number of likely N-dealkylation sites (tertiary alicyclic amines) is 2. The van der Waals surface area contributed by atoms with Crippen LogP contribution in [0.4, 0.5) is 0 Å². The molecule has 2 saturated heterocycles. The summed E-state index contributed by atoms with van der Waals surface area (Å²) in [5.41, 5.74) is 2.20. The maximum atomic E-state index is 12.7. The lowest BCUT2D eigenvalue weighted by Crippen LogP contribution is -2.40. The topological polar surface area (TPSA) is 80.3 Å². The van der Waals surface area contributed by atoms with Gasteiger partial charge in [-0.2, -0.15) is 10.1 Å². The van der Waals surface area contributed by atoms with Gasteiger partial charge in [0.15, 0.2) is 5.82 Å². The van der Waals surface area contributed by atoms with Crippen molar-refractivity contribution in [1.29, 1.82) is 0 Å². The number of amides is 1. The number of rotatable bonds is 4. The van der Waals surface area contributed by atoms with Crippen molar-refractivity contribution in [2.75, 3.05) is 26.2 Å². The lowest BCUT2D eigenvalue weighted by atomic mass is 9.81. The standard InChI is InChI=1S/C19H26N6O2/c1-12-15(6-20-23(12)3)7-24-8-16-9-25(17(26)14-4-5-14)11-19(16,10-24)18-21-13(2)22-27-18/h6,14,16H,4-5,7-11H2,1-3H3/t16-,19-/m0/s1. The minimum Gasteiger partial charge on any atom is -0.341 e. The Balaban J connectivity index is 1.41. The number of nitrogens with zero attached hydrogens (tertiary/aromatic N) is 6. The summed E-state index contributed by atoms with van der Waals surface area (Å²) >= 11 is 0. The van der Waals surface area contributed by atoms with E-state index in [0.29, 0.717) is 30.1 Å². The summed E-state index contributed by atoms with van der Waals surface area (Å²) in [6.07, 6.45) is 4.04. The van der Waals surface area contributed by atoms with Crippen LogP contribution >= 0.6 is 0 Å². The predicted molar refractivity (Wildman–Crippen MR) is 96.7 cm³/mol. The smallest absolute Gasteiger partial charge is 0.236 e. The molecule has 2 aromatic rings. The second-order valence-corrected chi connectivity index (χ2v) is 8.54. The van der Waals surface area contributed by atoms with Gasteiger partial charge < -0.3 is 9.42 Å². The second kappa shape index (κ2) is 5.89. The zero-order valence-corrected chi connectivity index (χ0v) is 16.2. The molecule has 0 N–H and O–H groups in total. The summed E-state index contributed by atoms with van der Waals surface area (Å²) in [6, 6.07) is 0. The molecule has 4 heterocycles. The number of fused-ring (bicyclic) bond motifs is 1. The monoisotopic (exact) mass is 370 g/mol. The predicted octanol–water partition coefficient (Wildman–Crippen LogP) is 1.04. The molecule has 0 radical (unpaired) electrons. The fourth-order valence-corrected chi connectivity index (χ4v) is 4.79. The normalized spacial score (nSPS) is 28.1. The number of carbonyl (C=O) groups excluding carboxylic acids is 1. The van der Waals surface area contributed by atoms with Gasteiger partial charge in [-0.15, -0.1) is 0 Å². The number of hydrogen-bond acceptors (Lipinski definition) is 6. The van der Waals surface area contributed by atoms with Crippen LogP contribution in [-0.2, 0) is 23.8 Å². The molecular formula is C19H26N6O2. The molecule has 8 nitrogen and oxygen atoms in total. The van der Waals surface area contributed by atoms with Gasteiger partial charge in [0.05, 0.1) is 11.6 Å². The maximum Gasteiger partial charge on any atom is 0.236 e. The summed E-state index contributed by atoms with van der Waals surface area (Å²) in [7, 11) is 1.97. The van der Waals surface area contributed by atoms with Crippen molar-refractivity contribution in [3.8, 4) is 0 Å². The van der Waals surface area contributed by atoms with Crippen molar-refractivity contribution < 1.29 is 9.32 Å². The summed E-state index contributed by atoms with van der Waals surface area (Å²) in [6.45, 7) is 8.07. The van der Waals surface area contributed by atoms with Gasteiger partial charge in [-0.25, -0.2) is 0 Å². The highest BCUT2D eigenvalue weighted by molar-refractivity contribution is 5.81. The van der Waals surface area contributed by atoms with Crippen LogP contribution in [0.3, 0.4) is 0 Å². The fraction of sp³-hybridized carbons (Fsp3) is 0.684. The minimum atomic E-state index is -0.248. The average Bonchev–Trinajstić information content (AvgIpc) is 3.00. The third-order valence-electron chi connectivity index (χ3n) is 6.60. The van der Waals surface area contributed by atoms with E-state index in [1.165, 1.54) is 11.3 Å². The fourth-order valence-electron chi connectivity index (χ4n) is 4.79. The highest BCUT2D eigenvalue weighted by Crippen LogP contribution is 2.46. The summed E-state index contributed by atoms with van der Waals surface area (Å²) < 4.78 is 7.56. The number of aryl methyl sites for hydroxylation is 2. The summed E-state index contributed by atoms with van der Waals surface area (Å²) in [4.78, 5) is 21.8. The average molecular weight is 370 g/mol. The second-order valence-electron chi connectivity index (χ2n) is 8.54. The molecule has 1 saturated carbocycles. The van der Waals surface area contributed by atoms with Gasteiger partial charge in [0.1, 0.15) is 0 Å². The van der Waals surface area contributed by atoms with Crippen LogP contribution in [0.2, 0.25) is 0 Å². The van der Waals surface area contributed by atoms with Gasteiger partial charge >= 0.3 is 0 Å². The van der Waals surface area contributed by atoms with E-state index in [2.05, 4.69) is 32.0 Å². The molecule has 0 spiro atoms. The Kier molecular flexibility index (Phi) is 3.69. The van der Waals surface area contributed by atoms with Crippen LogP contribution in [0.5, 0.6) is 0 Å². The van der Waals surface area contributed by atoms with Crippen molar-refractivity contribution in [2.24, 2.45) is 18.9 Å². The van der Waals surface area contributed by atoms with Crippen LogP contribution < -0.4 is 0 Å². The van der Waals surface area contributed by atoms with Gasteiger partial charge in [0, 0.05) is 62.9 Å².